The highest BCUT2D eigenvalue weighted by molar-refractivity contribution is 5.92. The first kappa shape index (κ1) is 26.2. The molecule has 4 nitrogen and oxygen atoms in total. The molecular formula is C33H42O4. The van der Waals surface area contributed by atoms with E-state index in [1.54, 1.807) is 0 Å². The Hall–Kier alpha value is -2.43. The van der Waals surface area contributed by atoms with E-state index < -0.39 is 12.2 Å². The predicted octanol–water partition coefficient (Wildman–Crippen LogP) is 6.42. The Morgan fingerprint density at radius 3 is 2.65 bits per heavy atom. The molecule has 198 valence electrons. The third-order valence-electron chi connectivity index (χ3n) is 10.0. The molecule has 0 bridgehead atoms. The van der Waals surface area contributed by atoms with E-state index in [0.29, 0.717) is 36.2 Å². The second kappa shape index (κ2) is 10.4. The van der Waals surface area contributed by atoms with E-state index in [1.165, 1.54) is 31.3 Å². The molecule has 4 aliphatic rings. The van der Waals surface area contributed by atoms with Crippen LogP contribution in [0.4, 0.5) is 0 Å². The Balaban J connectivity index is 1.33. The van der Waals surface area contributed by atoms with Crippen LogP contribution >= 0.6 is 0 Å². The maximum absolute atomic E-state index is 12.5. The maximum Gasteiger partial charge on any atom is 0.334 e. The number of carbonyl (C=O) groups is 1. The van der Waals surface area contributed by atoms with Crippen molar-refractivity contribution in [1.82, 2.24) is 0 Å². The lowest BCUT2D eigenvalue weighted by Gasteiger charge is -2.44. The molecule has 1 aliphatic heterocycles. The van der Waals surface area contributed by atoms with Crippen LogP contribution < -0.4 is 0 Å². The second-order valence-electron chi connectivity index (χ2n) is 12.2. The minimum Gasteiger partial charge on any atom is -0.458 e. The van der Waals surface area contributed by atoms with E-state index in [9.17, 15) is 15.0 Å². The fourth-order valence-electron chi connectivity index (χ4n) is 8.10. The van der Waals surface area contributed by atoms with Crippen LogP contribution in [0.15, 0.2) is 77.9 Å². The first-order valence-electron chi connectivity index (χ1n) is 14.1. The summed E-state index contributed by atoms with van der Waals surface area (Å²) in [6.45, 7) is 13.0. The zero-order valence-electron chi connectivity index (χ0n) is 22.4. The lowest BCUT2D eigenvalue weighted by atomic mass is 9.60. The monoisotopic (exact) mass is 502 g/mol. The molecule has 0 unspecified atom stereocenters. The van der Waals surface area contributed by atoms with Crippen molar-refractivity contribution >= 4 is 5.97 Å². The van der Waals surface area contributed by atoms with Crippen molar-refractivity contribution in [1.29, 1.82) is 0 Å². The van der Waals surface area contributed by atoms with Gasteiger partial charge in [0.15, 0.2) is 0 Å². The van der Waals surface area contributed by atoms with Crippen LogP contribution in [0.3, 0.4) is 0 Å². The molecule has 8 atom stereocenters. The molecular weight excluding hydrogens is 460 g/mol. The molecule has 4 heteroatoms. The molecule has 5 rings (SSSR count). The number of allylic oxidation sites excluding steroid dienone is 3. The Morgan fingerprint density at radius 2 is 1.89 bits per heavy atom. The molecule has 3 aliphatic carbocycles. The lowest BCUT2D eigenvalue weighted by Crippen LogP contribution is -2.37. The van der Waals surface area contributed by atoms with Gasteiger partial charge in [-0.05, 0) is 84.8 Å². The Bertz CT molecular complexity index is 1110. The maximum atomic E-state index is 12.5. The van der Waals surface area contributed by atoms with Crippen molar-refractivity contribution in [2.45, 2.75) is 89.4 Å². The summed E-state index contributed by atoms with van der Waals surface area (Å²) in [5, 5.41) is 20.4. The van der Waals surface area contributed by atoms with Gasteiger partial charge in [-0.3, -0.25) is 0 Å². The summed E-state index contributed by atoms with van der Waals surface area (Å²) in [6.07, 6.45) is 10.8. The number of esters is 1. The van der Waals surface area contributed by atoms with Crippen molar-refractivity contribution in [3.8, 4) is 0 Å². The topological polar surface area (TPSA) is 66.8 Å². The fraction of sp³-hybridized carbons (Fsp3) is 0.545. The van der Waals surface area contributed by atoms with Crippen molar-refractivity contribution in [3.05, 3.63) is 83.5 Å². The van der Waals surface area contributed by atoms with Crippen molar-refractivity contribution in [2.24, 2.45) is 23.2 Å². The number of rotatable bonds is 5. The van der Waals surface area contributed by atoms with E-state index in [2.05, 4.69) is 51.3 Å². The summed E-state index contributed by atoms with van der Waals surface area (Å²) in [5.41, 5.74) is 5.15. The third kappa shape index (κ3) is 4.91. The van der Waals surface area contributed by atoms with Gasteiger partial charge in [-0.2, -0.15) is 0 Å². The van der Waals surface area contributed by atoms with Crippen LogP contribution in [0.25, 0.3) is 0 Å². The number of carbonyl (C=O) groups excluding carboxylic acids is 1. The molecule has 2 N–H and O–H groups in total. The van der Waals surface area contributed by atoms with Gasteiger partial charge in [0.2, 0.25) is 0 Å². The van der Waals surface area contributed by atoms with Crippen LogP contribution in [0.1, 0.15) is 76.7 Å². The molecule has 4 fully saturated rings. The number of cyclic esters (lactones) is 1. The van der Waals surface area contributed by atoms with E-state index in [4.69, 9.17) is 4.74 Å². The predicted molar refractivity (Wildman–Crippen MR) is 147 cm³/mol. The van der Waals surface area contributed by atoms with Crippen LogP contribution in [0.2, 0.25) is 0 Å². The van der Waals surface area contributed by atoms with E-state index in [1.807, 2.05) is 18.2 Å². The molecule has 37 heavy (non-hydrogen) atoms. The van der Waals surface area contributed by atoms with Gasteiger partial charge < -0.3 is 14.9 Å². The molecule has 0 amide bonds. The van der Waals surface area contributed by atoms with E-state index in [-0.39, 0.29) is 23.4 Å². The van der Waals surface area contributed by atoms with Crippen molar-refractivity contribution < 1.29 is 19.7 Å². The summed E-state index contributed by atoms with van der Waals surface area (Å²) >= 11 is 0. The number of aliphatic hydroxyl groups excluding tert-OH is 2. The number of hydrogen-bond donors (Lipinski definition) is 2. The minimum absolute atomic E-state index is 0.0658. The van der Waals surface area contributed by atoms with Gasteiger partial charge in [0, 0.05) is 12.0 Å². The van der Waals surface area contributed by atoms with Crippen LogP contribution in [-0.2, 0) is 9.53 Å². The number of benzene rings is 1. The highest BCUT2D eigenvalue weighted by Crippen LogP contribution is 2.60. The molecule has 1 aromatic rings. The quantitative estimate of drug-likeness (QED) is 0.360. The highest BCUT2D eigenvalue weighted by Gasteiger charge is 2.52. The summed E-state index contributed by atoms with van der Waals surface area (Å²) in [7, 11) is 0. The minimum atomic E-state index is -0.651. The lowest BCUT2D eigenvalue weighted by molar-refractivity contribution is -0.139. The standard InChI is InChI=1S/C33H42O4/c1-20(17-30-31(22(3)32(36)37-30)24-9-6-5-7-10-24)27-14-15-28-23(11-8-16-33(27,28)4)12-13-25-18-26(34)19-29(35)21(25)2/h5-7,9-10,12-13,20,26-31,34-35H,2-3,8,11,14-19H2,1,4H3/b23-12+,25-13-/t20-,26-,27-,28+,29+,30-,31+,33-/m1/s1. The number of fused-ring (bicyclic) bond motifs is 1. The first-order valence-corrected chi connectivity index (χ1v) is 14.1. The summed E-state index contributed by atoms with van der Waals surface area (Å²) in [6, 6.07) is 10.2. The van der Waals surface area contributed by atoms with Gasteiger partial charge in [-0.15, -0.1) is 0 Å². The molecule has 0 spiro atoms. The Morgan fingerprint density at radius 1 is 1.14 bits per heavy atom. The summed E-state index contributed by atoms with van der Waals surface area (Å²) in [5.74, 6) is 1.24. The van der Waals surface area contributed by atoms with Crippen LogP contribution in [0, 0.1) is 23.2 Å². The molecule has 3 saturated carbocycles. The van der Waals surface area contributed by atoms with E-state index in [0.717, 1.165) is 29.6 Å². The summed E-state index contributed by atoms with van der Waals surface area (Å²) < 4.78 is 5.89. The molecule has 1 aromatic carbocycles. The van der Waals surface area contributed by atoms with Gasteiger partial charge in [0.1, 0.15) is 6.10 Å². The SMILES string of the molecule is C=C1/C(=C\C=C2/CCC[C@]3(C)[C@@H]([C@H](C)C[C@H]4OC(=O)C(=C)[C@H]4c4ccccc4)CC[C@@H]23)C[C@@H](O)C[C@@H]1O. The average molecular weight is 503 g/mol. The van der Waals surface area contributed by atoms with Crippen molar-refractivity contribution in [3.63, 3.8) is 0 Å². The smallest absolute Gasteiger partial charge is 0.334 e. The summed E-state index contributed by atoms with van der Waals surface area (Å²) in [4.78, 5) is 12.5. The molecule has 1 heterocycles. The number of hydrogen-bond acceptors (Lipinski definition) is 4. The van der Waals surface area contributed by atoms with Gasteiger partial charge in [-0.25, -0.2) is 4.79 Å². The van der Waals surface area contributed by atoms with Gasteiger partial charge in [0.05, 0.1) is 18.1 Å². The van der Waals surface area contributed by atoms with E-state index >= 15 is 0 Å². The normalized spacial score (nSPS) is 39.2. The van der Waals surface area contributed by atoms with Crippen LogP contribution in [0.5, 0.6) is 0 Å². The Kier molecular flexibility index (Phi) is 7.35. The largest absolute Gasteiger partial charge is 0.458 e. The zero-order chi connectivity index (χ0) is 26.3. The van der Waals surface area contributed by atoms with Gasteiger partial charge >= 0.3 is 5.97 Å². The fourth-order valence-corrected chi connectivity index (χ4v) is 8.10. The molecule has 1 saturated heterocycles. The zero-order valence-corrected chi connectivity index (χ0v) is 22.4. The second-order valence-corrected chi connectivity index (χ2v) is 12.2. The average Bonchev–Trinajstić information content (AvgIpc) is 3.36. The number of ether oxygens (including phenoxy) is 1. The van der Waals surface area contributed by atoms with Gasteiger partial charge in [0.25, 0.3) is 0 Å². The number of aliphatic hydroxyl groups is 2. The van der Waals surface area contributed by atoms with Crippen molar-refractivity contribution in [2.75, 3.05) is 0 Å². The molecule has 0 aromatic heterocycles. The highest BCUT2D eigenvalue weighted by atomic mass is 16.6. The Labute approximate surface area is 221 Å². The van der Waals surface area contributed by atoms with Crippen LogP contribution in [-0.4, -0.2) is 34.5 Å². The molecule has 0 radical (unpaired) electrons. The first-order chi connectivity index (χ1) is 17.7. The third-order valence-corrected chi connectivity index (χ3v) is 10.0. The van der Waals surface area contributed by atoms with Gasteiger partial charge in [-0.1, -0.05) is 75.1 Å².